The first kappa shape index (κ1) is 14.1. The van der Waals surface area contributed by atoms with Crippen LogP contribution in [0, 0.1) is 9.39 Å². The van der Waals surface area contributed by atoms with Crippen LogP contribution in [0.25, 0.3) is 0 Å². The third kappa shape index (κ3) is 3.37. The first-order valence-corrected chi connectivity index (χ1v) is 7.25. The number of nitrogen functional groups attached to an aromatic ring is 1. The van der Waals surface area contributed by atoms with Crippen molar-refractivity contribution in [2.75, 3.05) is 11.1 Å². The van der Waals surface area contributed by atoms with Gasteiger partial charge in [0.05, 0.1) is 14.9 Å². The molecule has 3 N–H and O–H groups in total. The summed E-state index contributed by atoms with van der Waals surface area (Å²) in [7, 11) is 0. The summed E-state index contributed by atoms with van der Waals surface area (Å²) >= 11 is 1.94. The van der Waals surface area contributed by atoms with Gasteiger partial charge < -0.3 is 11.1 Å². The molecule has 2 aromatic carbocycles. The highest BCUT2D eigenvalue weighted by molar-refractivity contribution is 14.1. The van der Waals surface area contributed by atoms with Gasteiger partial charge in [-0.1, -0.05) is 31.2 Å². The van der Waals surface area contributed by atoms with Crippen LogP contribution >= 0.6 is 22.6 Å². The van der Waals surface area contributed by atoms with Gasteiger partial charge in [-0.15, -0.1) is 0 Å². The SMILES string of the molecule is CCc1ccccc1CNc1cc(F)c(I)cc1N. The first-order chi connectivity index (χ1) is 9.11. The van der Waals surface area contributed by atoms with Crippen molar-refractivity contribution >= 4 is 34.0 Å². The van der Waals surface area contributed by atoms with E-state index < -0.39 is 0 Å². The molecule has 0 heterocycles. The van der Waals surface area contributed by atoms with Crippen LogP contribution in [-0.4, -0.2) is 0 Å². The molecule has 0 aliphatic heterocycles. The fourth-order valence-electron chi connectivity index (χ4n) is 1.98. The molecule has 19 heavy (non-hydrogen) atoms. The molecule has 0 fully saturated rings. The predicted molar refractivity (Wildman–Crippen MR) is 86.7 cm³/mol. The molecule has 100 valence electrons. The Bertz CT molecular complexity index is 584. The standard InChI is InChI=1S/C15H16FIN2/c1-2-10-5-3-4-6-11(10)9-19-15-7-12(16)13(17)8-14(15)18/h3-8,19H,2,9,18H2,1H3. The Morgan fingerprint density at radius 3 is 2.58 bits per heavy atom. The molecule has 0 atom stereocenters. The largest absolute Gasteiger partial charge is 0.397 e. The summed E-state index contributed by atoms with van der Waals surface area (Å²) in [6.45, 7) is 2.77. The van der Waals surface area contributed by atoms with Crippen LogP contribution in [0.2, 0.25) is 0 Å². The van der Waals surface area contributed by atoms with E-state index in [-0.39, 0.29) is 5.82 Å². The van der Waals surface area contributed by atoms with Crippen LogP contribution in [0.1, 0.15) is 18.1 Å². The lowest BCUT2D eigenvalue weighted by molar-refractivity contribution is 0.621. The molecular weight excluding hydrogens is 354 g/mol. The number of halogens is 2. The molecule has 0 saturated carbocycles. The van der Waals surface area contributed by atoms with Gasteiger partial charge in [0.1, 0.15) is 5.82 Å². The summed E-state index contributed by atoms with van der Waals surface area (Å²) in [5.74, 6) is -0.249. The Kier molecular flexibility index (Phi) is 4.63. The molecule has 0 aliphatic carbocycles. The van der Waals surface area contributed by atoms with Crippen molar-refractivity contribution < 1.29 is 4.39 Å². The van der Waals surface area contributed by atoms with Gasteiger partial charge in [-0.25, -0.2) is 4.39 Å². The summed E-state index contributed by atoms with van der Waals surface area (Å²) in [6.07, 6.45) is 0.981. The molecule has 2 rings (SSSR count). The average Bonchev–Trinajstić information content (AvgIpc) is 2.41. The smallest absolute Gasteiger partial charge is 0.138 e. The molecule has 0 bridgehead atoms. The number of nitrogens with two attached hydrogens (primary N) is 1. The number of hydrogen-bond acceptors (Lipinski definition) is 2. The number of aryl methyl sites for hydroxylation is 1. The summed E-state index contributed by atoms with van der Waals surface area (Å²) in [4.78, 5) is 0. The van der Waals surface area contributed by atoms with Crippen molar-refractivity contribution in [3.05, 3.63) is 56.9 Å². The number of rotatable bonds is 4. The zero-order valence-corrected chi connectivity index (χ0v) is 12.9. The van der Waals surface area contributed by atoms with Crippen LogP contribution in [0.4, 0.5) is 15.8 Å². The van der Waals surface area contributed by atoms with Gasteiger partial charge in [-0.2, -0.15) is 0 Å². The van der Waals surface area contributed by atoms with Crippen molar-refractivity contribution in [1.29, 1.82) is 0 Å². The van der Waals surface area contributed by atoms with Crippen molar-refractivity contribution in [2.24, 2.45) is 0 Å². The predicted octanol–water partition coefficient (Wildman–Crippen LogP) is 4.19. The summed E-state index contributed by atoms with van der Waals surface area (Å²) in [5, 5.41) is 3.20. The van der Waals surface area contributed by atoms with Gasteiger partial charge in [0.15, 0.2) is 0 Å². The van der Waals surface area contributed by atoms with E-state index in [0.29, 0.717) is 21.5 Å². The molecular formula is C15H16FIN2. The summed E-state index contributed by atoms with van der Waals surface area (Å²) in [6, 6.07) is 11.3. The van der Waals surface area contributed by atoms with Crippen molar-refractivity contribution in [3.8, 4) is 0 Å². The molecule has 0 aromatic heterocycles. The van der Waals surface area contributed by atoms with Crippen LogP contribution in [0.5, 0.6) is 0 Å². The van der Waals surface area contributed by atoms with Gasteiger partial charge >= 0.3 is 0 Å². The lowest BCUT2D eigenvalue weighted by atomic mass is 10.1. The number of anilines is 2. The topological polar surface area (TPSA) is 38.0 Å². The Labute approximate surface area is 126 Å². The highest BCUT2D eigenvalue weighted by Crippen LogP contribution is 2.25. The Hall–Kier alpha value is -1.30. The van der Waals surface area contributed by atoms with Gasteiger partial charge in [0, 0.05) is 12.6 Å². The van der Waals surface area contributed by atoms with Gasteiger partial charge in [-0.05, 0) is 46.2 Å². The van der Waals surface area contributed by atoms with Crippen molar-refractivity contribution in [2.45, 2.75) is 19.9 Å². The Balaban J connectivity index is 2.17. The second kappa shape index (κ2) is 6.23. The summed E-state index contributed by atoms with van der Waals surface area (Å²) < 4.78 is 14.1. The molecule has 0 saturated heterocycles. The molecule has 2 nitrogen and oxygen atoms in total. The molecule has 0 radical (unpaired) electrons. The van der Waals surface area contributed by atoms with E-state index in [4.69, 9.17) is 5.73 Å². The average molecular weight is 370 g/mol. The highest BCUT2D eigenvalue weighted by Gasteiger charge is 2.06. The zero-order valence-electron chi connectivity index (χ0n) is 10.7. The second-order valence-electron chi connectivity index (χ2n) is 4.33. The minimum atomic E-state index is -0.249. The van der Waals surface area contributed by atoms with Crippen molar-refractivity contribution in [1.82, 2.24) is 0 Å². The third-order valence-electron chi connectivity index (χ3n) is 3.06. The van der Waals surface area contributed by atoms with E-state index >= 15 is 0 Å². The van der Waals surface area contributed by atoms with Gasteiger partial charge in [0.25, 0.3) is 0 Å². The minimum absolute atomic E-state index is 0.249. The molecule has 0 amide bonds. The number of benzene rings is 2. The maximum absolute atomic E-state index is 13.5. The van der Waals surface area contributed by atoms with E-state index in [1.54, 1.807) is 6.07 Å². The first-order valence-electron chi connectivity index (χ1n) is 6.17. The maximum Gasteiger partial charge on any atom is 0.138 e. The van der Waals surface area contributed by atoms with Crippen LogP contribution in [-0.2, 0) is 13.0 Å². The number of nitrogens with one attached hydrogen (secondary N) is 1. The van der Waals surface area contributed by atoms with E-state index in [1.165, 1.54) is 17.2 Å². The quantitative estimate of drug-likeness (QED) is 0.626. The zero-order chi connectivity index (χ0) is 13.8. The van der Waals surface area contributed by atoms with Crippen LogP contribution in [0.3, 0.4) is 0 Å². The fourth-order valence-corrected chi connectivity index (χ4v) is 2.47. The normalized spacial score (nSPS) is 10.5. The number of hydrogen-bond donors (Lipinski definition) is 2. The molecule has 0 unspecified atom stereocenters. The lowest BCUT2D eigenvalue weighted by Gasteiger charge is -2.12. The minimum Gasteiger partial charge on any atom is -0.397 e. The monoisotopic (exact) mass is 370 g/mol. The maximum atomic E-state index is 13.5. The summed E-state index contributed by atoms with van der Waals surface area (Å²) in [5.41, 5.74) is 9.61. The molecule has 0 spiro atoms. The van der Waals surface area contributed by atoms with Gasteiger partial charge in [-0.3, -0.25) is 0 Å². The second-order valence-corrected chi connectivity index (χ2v) is 5.49. The van der Waals surface area contributed by atoms with E-state index in [1.807, 2.05) is 34.7 Å². The van der Waals surface area contributed by atoms with E-state index in [9.17, 15) is 4.39 Å². The highest BCUT2D eigenvalue weighted by atomic mass is 127. The third-order valence-corrected chi connectivity index (χ3v) is 3.89. The van der Waals surface area contributed by atoms with Crippen LogP contribution < -0.4 is 11.1 Å². The van der Waals surface area contributed by atoms with Crippen LogP contribution in [0.15, 0.2) is 36.4 Å². The fraction of sp³-hybridized carbons (Fsp3) is 0.200. The molecule has 2 aromatic rings. The molecule has 0 aliphatic rings. The van der Waals surface area contributed by atoms with Crippen molar-refractivity contribution in [3.63, 3.8) is 0 Å². The Morgan fingerprint density at radius 2 is 1.89 bits per heavy atom. The lowest BCUT2D eigenvalue weighted by Crippen LogP contribution is -2.05. The van der Waals surface area contributed by atoms with E-state index in [2.05, 4.69) is 24.4 Å². The molecule has 4 heteroatoms. The van der Waals surface area contributed by atoms with E-state index in [0.717, 1.165) is 6.42 Å². The van der Waals surface area contributed by atoms with Gasteiger partial charge in [0.2, 0.25) is 0 Å². The Morgan fingerprint density at radius 1 is 1.21 bits per heavy atom.